The minimum atomic E-state index is -0.250. The van der Waals surface area contributed by atoms with Crippen LogP contribution in [0.15, 0.2) is 0 Å². The van der Waals surface area contributed by atoms with Crippen LogP contribution in [0.3, 0.4) is 0 Å². The van der Waals surface area contributed by atoms with E-state index in [1.807, 2.05) is 0 Å². The van der Waals surface area contributed by atoms with E-state index < -0.39 is 0 Å². The van der Waals surface area contributed by atoms with Crippen LogP contribution in [0.2, 0.25) is 0 Å². The van der Waals surface area contributed by atoms with Crippen molar-refractivity contribution in [3.8, 4) is 0 Å². The minimum absolute atomic E-state index is 0.170. The number of likely N-dealkylation sites (tertiary alicyclic amines) is 1. The van der Waals surface area contributed by atoms with Gasteiger partial charge in [0, 0.05) is 19.5 Å². The molecular weight excluding hydrogens is 256 g/mol. The largest absolute Gasteiger partial charge is 0.356 e. The predicted octanol–water partition coefficient (Wildman–Crippen LogP) is 0.371. The molecule has 0 aromatic carbocycles. The van der Waals surface area contributed by atoms with Gasteiger partial charge in [0.1, 0.15) is 0 Å². The van der Waals surface area contributed by atoms with Gasteiger partial charge in [0.25, 0.3) is 0 Å². The lowest BCUT2D eigenvalue weighted by Crippen LogP contribution is -2.50. The monoisotopic (exact) mass is 280 g/mol. The summed E-state index contributed by atoms with van der Waals surface area (Å²) >= 11 is 0. The highest BCUT2D eigenvalue weighted by molar-refractivity contribution is 5.82. The Balaban J connectivity index is 1.73. The van der Waals surface area contributed by atoms with Crippen molar-refractivity contribution in [2.75, 3.05) is 26.2 Å². The summed E-state index contributed by atoms with van der Waals surface area (Å²) in [4.78, 5) is 14.7. The summed E-state index contributed by atoms with van der Waals surface area (Å²) in [5.41, 5.74) is -0.250. The standard InChI is InChI=1S/C13H24N6O/c1-3-19-9-5-7-13(2,10-19)12(20)14-8-4-6-11-15-17-18-16-11/h3-10H2,1-2H3,(H,14,20)(H,15,16,17,18)/t13-/m0/s1. The van der Waals surface area contributed by atoms with Gasteiger partial charge >= 0.3 is 0 Å². The third-order valence-electron chi connectivity index (χ3n) is 4.02. The molecule has 0 radical (unpaired) electrons. The Hall–Kier alpha value is -1.50. The number of carbonyl (C=O) groups is 1. The normalized spacial score (nSPS) is 23.7. The Bertz CT molecular complexity index is 421. The highest BCUT2D eigenvalue weighted by Crippen LogP contribution is 2.29. The topological polar surface area (TPSA) is 86.8 Å². The number of aromatic nitrogens is 4. The Morgan fingerprint density at radius 1 is 1.55 bits per heavy atom. The van der Waals surface area contributed by atoms with E-state index in [1.54, 1.807) is 0 Å². The van der Waals surface area contributed by atoms with Crippen molar-refractivity contribution < 1.29 is 4.79 Å². The van der Waals surface area contributed by atoms with E-state index >= 15 is 0 Å². The van der Waals surface area contributed by atoms with Gasteiger partial charge < -0.3 is 10.2 Å². The zero-order valence-corrected chi connectivity index (χ0v) is 12.4. The first kappa shape index (κ1) is 14.9. The molecule has 1 aromatic heterocycles. The maximum Gasteiger partial charge on any atom is 0.227 e. The van der Waals surface area contributed by atoms with E-state index in [9.17, 15) is 4.79 Å². The number of piperidine rings is 1. The van der Waals surface area contributed by atoms with Gasteiger partial charge in [-0.2, -0.15) is 5.21 Å². The molecule has 1 aliphatic rings. The van der Waals surface area contributed by atoms with E-state index in [1.165, 1.54) is 0 Å². The average molecular weight is 280 g/mol. The van der Waals surface area contributed by atoms with E-state index in [4.69, 9.17) is 0 Å². The van der Waals surface area contributed by atoms with Crippen LogP contribution in [-0.2, 0) is 11.2 Å². The average Bonchev–Trinajstić information content (AvgIpc) is 2.96. The van der Waals surface area contributed by atoms with Crippen molar-refractivity contribution in [3.63, 3.8) is 0 Å². The number of H-pyrrole nitrogens is 1. The van der Waals surface area contributed by atoms with Crippen molar-refractivity contribution >= 4 is 5.91 Å². The number of nitrogens with one attached hydrogen (secondary N) is 2. The molecule has 0 saturated carbocycles. The summed E-state index contributed by atoms with van der Waals surface area (Å²) in [6, 6.07) is 0. The Kier molecular flexibility index (Phi) is 5.05. The number of hydrogen-bond donors (Lipinski definition) is 2. The molecule has 7 heteroatoms. The third-order valence-corrected chi connectivity index (χ3v) is 4.02. The molecule has 2 heterocycles. The molecule has 2 N–H and O–H groups in total. The molecule has 20 heavy (non-hydrogen) atoms. The van der Waals surface area contributed by atoms with Crippen molar-refractivity contribution in [2.45, 2.75) is 39.5 Å². The highest BCUT2D eigenvalue weighted by atomic mass is 16.2. The zero-order valence-electron chi connectivity index (χ0n) is 12.4. The van der Waals surface area contributed by atoms with E-state index in [-0.39, 0.29) is 11.3 Å². The second-order valence-corrected chi connectivity index (χ2v) is 5.72. The van der Waals surface area contributed by atoms with Crippen LogP contribution in [0.5, 0.6) is 0 Å². The molecule has 0 unspecified atom stereocenters. The first-order valence-electron chi connectivity index (χ1n) is 7.37. The fraction of sp³-hybridized carbons (Fsp3) is 0.846. The van der Waals surface area contributed by atoms with Gasteiger partial charge in [-0.3, -0.25) is 4.79 Å². The zero-order chi connectivity index (χ0) is 14.4. The van der Waals surface area contributed by atoms with Crippen molar-refractivity contribution in [1.29, 1.82) is 0 Å². The molecule has 0 bridgehead atoms. The third kappa shape index (κ3) is 3.75. The van der Waals surface area contributed by atoms with E-state index in [2.05, 4.69) is 44.7 Å². The minimum Gasteiger partial charge on any atom is -0.356 e. The summed E-state index contributed by atoms with van der Waals surface area (Å²) in [6.45, 7) is 7.87. The Morgan fingerprint density at radius 3 is 3.10 bits per heavy atom. The van der Waals surface area contributed by atoms with Crippen LogP contribution in [0.1, 0.15) is 38.9 Å². The van der Waals surface area contributed by atoms with Crippen LogP contribution in [0, 0.1) is 5.41 Å². The lowest BCUT2D eigenvalue weighted by atomic mass is 9.81. The van der Waals surface area contributed by atoms with Crippen LogP contribution in [-0.4, -0.2) is 57.6 Å². The van der Waals surface area contributed by atoms with Crippen molar-refractivity contribution in [2.24, 2.45) is 5.41 Å². The predicted molar refractivity (Wildman–Crippen MR) is 75.0 cm³/mol. The van der Waals surface area contributed by atoms with Crippen molar-refractivity contribution in [1.82, 2.24) is 30.8 Å². The maximum absolute atomic E-state index is 12.4. The van der Waals surface area contributed by atoms with Gasteiger partial charge in [-0.05, 0) is 39.3 Å². The van der Waals surface area contributed by atoms with Gasteiger partial charge in [-0.1, -0.05) is 12.1 Å². The molecule has 1 fully saturated rings. The molecule has 1 aliphatic heterocycles. The molecule has 0 aliphatic carbocycles. The Morgan fingerprint density at radius 2 is 2.40 bits per heavy atom. The number of aryl methyl sites for hydroxylation is 1. The first-order chi connectivity index (χ1) is 9.64. The molecule has 112 valence electrons. The van der Waals surface area contributed by atoms with Gasteiger partial charge in [0.2, 0.25) is 5.91 Å². The van der Waals surface area contributed by atoms with Gasteiger partial charge in [0.05, 0.1) is 5.41 Å². The summed E-state index contributed by atoms with van der Waals surface area (Å²) in [5.74, 6) is 0.865. The van der Waals surface area contributed by atoms with Gasteiger partial charge in [-0.25, -0.2) is 0 Å². The molecule has 1 atom stereocenters. The number of hydrogen-bond acceptors (Lipinski definition) is 5. The summed E-state index contributed by atoms with van der Waals surface area (Å²) in [5, 5.41) is 16.8. The fourth-order valence-electron chi connectivity index (χ4n) is 2.75. The highest BCUT2D eigenvalue weighted by Gasteiger charge is 2.36. The van der Waals surface area contributed by atoms with E-state index in [0.717, 1.165) is 45.3 Å². The molecule has 0 spiro atoms. The van der Waals surface area contributed by atoms with Crippen LogP contribution >= 0.6 is 0 Å². The van der Waals surface area contributed by atoms with Crippen LogP contribution < -0.4 is 5.32 Å². The molecule has 1 aromatic rings. The molecule has 7 nitrogen and oxygen atoms in total. The number of tetrazole rings is 1. The number of rotatable bonds is 6. The van der Waals surface area contributed by atoms with E-state index in [0.29, 0.717) is 12.4 Å². The second kappa shape index (κ2) is 6.78. The summed E-state index contributed by atoms with van der Waals surface area (Å²) in [7, 11) is 0. The first-order valence-corrected chi connectivity index (χ1v) is 7.37. The quantitative estimate of drug-likeness (QED) is 0.735. The molecule has 2 rings (SSSR count). The molecule has 1 amide bonds. The van der Waals surface area contributed by atoms with Crippen LogP contribution in [0.25, 0.3) is 0 Å². The SMILES string of the molecule is CCN1CCC[C@](C)(C(=O)NCCCc2nn[nH]n2)C1. The smallest absolute Gasteiger partial charge is 0.227 e. The fourth-order valence-corrected chi connectivity index (χ4v) is 2.75. The summed E-state index contributed by atoms with van der Waals surface area (Å²) in [6.07, 6.45) is 3.63. The Labute approximate surface area is 119 Å². The lowest BCUT2D eigenvalue weighted by Gasteiger charge is -2.38. The van der Waals surface area contributed by atoms with Gasteiger partial charge in [-0.15, -0.1) is 10.2 Å². The lowest BCUT2D eigenvalue weighted by molar-refractivity contribution is -0.133. The number of nitrogens with zero attached hydrogens (tertiary/aromatic N) is 4. The number of aromatic amines is 1. The second-order valence-electron chi connectivity index (χ2n) is 5.72. The van der Waals surface area contributed by atoms with Crippen molar-refractivity contribution in [3.05, 3.63) is 5.82 Å². The molecular formula is C13H24N6O. The molecule has 1 saturated heterocycles. The maximum atomic E-state index is 12.4. The van der Waals surface area contributed by atoms with Crippen LogP contribution in [0.4, 0.5) is 0 Å². The number of amides is 1. The summed E-state index contributed by atoms with van der Waals surface area (Å²) < 4.78 is 0. The number of carbonyl (C=O) groups excluding carboxylic acids is 1. The van der Waals surface area contributed by atoms with Gasteiger partial charge in [0.15, 0.2) is 5.82 Å².